The van der Waals surface area contributed by atoms with Gasteiger partial charge in [-0.05, 0) is 32.6 Å². The van der Waals surface area contributed by atoms with Crippen LogP contribution in [0.25, 0.3) is 0 Å². The number of hydrogen-bond donors (Lipinski definition) is 2. The maximum absolute atomic E-state index is 10.5. The molecule has 7 heteroatoms. The van der Waals surface area contributed by atoms with E-state index < -0.39 is 11.9 Å². The predicted molar refractivity (Wildman–Crippen MR) is 74.9 cm³/mol. The molecule has 2 N–H and O–H groups in total. The second-order valence-corrected chi connectivity index (χ2v) is 4.48. The lowest BCUT2D eigenvalue weighted by Gasteiger charge is -1.97. The van der Waals surface area contributed by atoms with Crippen molar-refractivity contribution in [1.82, 2.24) is 0 Å². The Morgan fingerprint density at radius 1 is 0.762 bits per heavy atom. The summed E-state index contributed by atoms with van der Waals surface area (Å²) < 4.78 is 4.43. The lowest BCUT2D eigenvalue weighted by Crippen LogP contribution is -2.00. The molecular weight excluding hydrogens is 280 g/mol. The minimum atomic E-state index is -0.870. The molecule has 0 aromatic heterocycles. The van der Waals surface area contributed by atoms with Crippen LogP contribution in [0.2, 0.25) is 0 Å². The molecule has 0 aromatic carbocycles. The largest absolute Gasteiger partial charge is 0.481 e. The Morgan fingerprint density at radius 2 is 1.14 bits per heavy atom. The summed E-state index contributed by atoms with van der Waals surface area (Å²) in [5, 5.41) is 16.3. The fourth-order valence-corrected chi connectivity index (χ4v) is 1.30. The molecule has 0 aliphatic carbocycles. The van der Waals surface area contributed by atoms with Gasteiger partial charge in [-0.3, -0.25) is 14.4 Å². The van der Waals surface area contributed by atoms with Crippen LogP contribution >= 0.6 is 0 Å². The zero-order valence-corrected chi connectivity index (χ0v) is 12.6. The average Bonchev–Trinajstić information content (AvgIpc) is 2.39. The first-order chi connectivity index (χ1) is 9.79. The van der Waals surface area contributed by atoms with Gasteiger partial charge in [-0.25, -0.2) is 0 Å². The number of carbonyl (C=O) groups excluding carboxylic acids is 2. The minimum Gasteiger partial charge on any atom is -0.481 e. The van der Waals surface area contributed by atoms with Crippen molar-refractivity contribution in [3.8, 4) is 0 Å². The number of carbonyl (C=O) groups is 4. The maximum atomic E-state index is 10.5. The third kappa shape index (κ3) is 23.6. The van der Waals surface area contributed by atoms with Crippen LogP contribution in [0.5, 0.6) is 0 Å². The van der Waals surface area contributed by atoms with Crippen molar-refractivity contribution >= 4 is 23.7 Å². The molecule has 0 rings (SSSR count). The molecule has 0 radical (unpaired) electrons. The average molecular weight is 304 g/mol. The molecule has 0 unspecified atom stereocenters. The molecule has 21 heavy (non-hydrogen) atoms. The zero-order chi connectivity index (χ0) is 16.7. The van der Waals surface area contributed by atoms with E-state index in [1.165, 1.54) is 7.11 Å². The van der Waals surface area contributed by atoms with Crippen molar-refractivity contribution in [2.24, 2.45) is 0 Å². The highest BCUT2D eigenvalue weighted by Gasteiger charge is 2.00. The number of methoxy groups -OCH3 is 1. The molecule has 0 saturated carbocycles. The van der Waals surface area contributed by atoms with Gasteiger partial charge in [0.1, 0.15) is 5.78 Å². The van der Waals surface area contributed by atoms with Gasteiger partial charge in [-0.1, -0.05) is 0 Å². The monoisotopic (exact) mass is 304 g/mol. The molecule has 0 spiro atoms. The van der Waals surface area contributed by atoms with Crippen molar-refractivity contribution in [2.75, 3.05) is 7.11 Å². The van der Waals surface area contributed by atoms with Crippen LogP contribution in [-0.2, 0) is 23.9 Å². The third-order valence-corrected chi connectivity index (χ3v) is 2.42. The fourth-order valence-electron chi connectivity index (χ4n) is 1.30. The molecule has 0 saturated heterocycles. The van der Waals surface area contributed by atoms with Gasteiger partial charge in [0.2, 0.25) is 0 Å². The number of unbranched alkanes of at least 4 members (excludes halogenated alkanes) is 2. The minimum absolute atomic E-state index is 0.0628. The lowest BCUT2D eigenvalue weighted by atomic mass is 10.1. The van der Waals surface area contributed by atoms with Crippen molar-refractivity contribution in [3.63, 3.8) is 0 Å². The quantitative estimate of drug-likeness (QED) is 0.468. The fraction of sp³-hybridized carbons (Fsp3) is 0.714. The number of carboxylic acids is 2. The first kappa shape index (κ1) is 21.4. The Balaban J connectivity index is 0. The van der Waals surface area contributed by atoms with Crippen LogP contribution in [0, 0.1) is 0 Å². The summed E-state index contributed by atoms with van der Waals surface area (Å²) >= 11 is 0. The Hall–Kier alpha value is -1.92. The summed E-state index contributed by atoms with van der Waals surface area (Å²) in [6, 6.07) is 0. The summed E-state index contributed by atoms with van der Waals surface area (Å²) in [7, 11) is 1.37. The summed E-state index contributed by atoms with van der Waals surface area (Å²) in [4.78, 5) is 40.8. The smallest absolute Gasteiger partial charge is 0.305 e. The van der Waals surface area contributed by atoms with E-state index in [9.17, 15) is 19.2 Å². The van der Waals surface area contributed by atoms with E-state index in [4.69, 9.17) is 10.2 Å². The van der Waals surface area contributed by atoms with Gasteiger partial charge in [0.25, 0.3) is 0 Å². The normalized spacial score (nSPS) is 9.24. The molecule has 0 atom stereocenters. The Labute approximate surface area is 124 Å². The standard InChI is InChI=1S/C8H14O3.C6H10O4/c1-7(9)5-3-4-6-8(10)11-2;7-5(8)3-1-2-4-6(9)10/h3-6H2,1-2H3;1-4H2,(H,7,8)(H,9,10). The first-order valence-corrected chi connectivity index (χ1v) is 6.79. The van der Waals surface area contributed by atoms with Crippen LogP contribution in [0.3, 0.4) is 0 Å². The molecule has 0 aromatic rings. The lowest BCUT2D eigenvalue weighted by molar-refractivity contribution is -0.141. The predicted octanol–water partition coefficient (Wildman–Crippen LogP) is 2.02. The maximum Gasteiger partial charge on any atom is 0.305 e. The van der Waals surface area contributed by atoms with E-state index in [1.807, 2.05) is 0 Å². The van der Waals surface area contributed by atoms with E-state index in [0.717, 1.165) is 12.8 Å². The van der Waals surface area contributed by atoms with E-state index >= 15 is 0 Å². The SMILES string of the molecule is COC(=O)CCCCC(C)=O.O=C(O)CCCCC(=O)O. The molecule has 122 valence electrons. The number of rotatable bonds is 10. The number of carboxylic acid groups (broad SMARTS) is 2. The van der Waals surface area contributed by atoms with Crippen LogP contribution in [0.15, 0.2) is 0 Å². The van der Waals surface area contributed by atoms with E-state index in [1.54, 1.807) is 6.92 Å². The molecule has 7 nitrogen and oxygen atoms in total. The Bertz CT molecular complexity index is 320. The van der Waals surface area contributed by atoms with Crippen LogP contribution < -0.4 is 0 Å². The van der Waals surface area contributed by atoms with Crippen LogP contribution in [0.1, 0.15) is 58.3 Å². The van der Waals surface area contributed by atoms with Crippen LogP contribution in [-0.4, -0.2) is 41.0 Å². The summed E-state index contributed by atoms with van der Waals surface area (Å²) in [5.41, 5.74) is 0. The summed E-state index contributed by atoms with van der Waals surface area (Å²) in [6.45, 7) is 1.55. The number of ketones is 1. The van der Waals surface area contributed by atoms with Gasteiger partial charge >= 0.3 is 17.9 Å². The molecule has 0 heterocycles. The Kier molecular flexibility index (Phi) is 14.8. The number of ether oxygens (including phenoxy) is 1. The van der Waals surface area contributed by atoms with Crippen LogP contribution in [0.4, 0.5) is 0 Å². The van der Waals surface area contributed by atoms with Gasteiger partial charge < -0.3 is 19.7 Å². The second kappa shape index (κ2) is 14.5. The molecule has 0 fully saturated rings. The highest BCUT2D eigenvalue weighted by atomic mass is 16.5. The highest BCUT2D eigenvalue weighted by molar-refractivity contribution is 5.75. The summed E-state index contributed by atoms with van der Waals surface area (Å²) in [5.74, 6) is -1.76. The van der Waals surface area contributed by atoms with Gasteiger partial charge in [-0.2, -0.15) is 0 Å². The van der Waals surface area contributed by atoms with Gasteiger partial charge in [0, 0.05) is 25.7 Å². The topological polar surface area (TPSA) is 118 Å². The van der Waals surface area contributed by atoms with Crippen molar-refractivity contribution in [1.29, 1.82) is 0 Å². The van der Waals surface area contributed by atoms with Gasteiger partial charge in [0.15, 0.2) is 0 Å². The molecule has 0 amide bonds. The summed E-state index contributed by atoms with van der Waals surface area (Å²) in [6.07, 6.45) is 3.53. The number of esters is 1. The second-order valence-electron chi connectivity index (χ2n) is 4.48. The molecule has 0 aliphatic rings. The van der Waals surface area contributed by atoms with Crippen molar-refractivity contribution in [2.45, 2.75) is 58.3 Å². The van der Waals surface area contributed by atoms with E-state index in [2.05, 4.69) is 4.74 Å². The first-order valence-electron chi connectivity index (χ1n) is 6.79. The van der Waals surface area contributed by atoms with E-state index in [-0.39, 0.29) is 24.6 Å². The molecule has 0 bridgehead atoms. The highest BCUT2D eigenvalue weighted by Crippen LogP contribution is 2.01. The number of hydrogen-bond acceptors (Lipinski definition) is 5. The van der Waals surface area contributed by atoms with Gasteiger partial charge in [0.05, 0.1) is 7.11 Å². The van der Waals surface area contributed by atoms with Crippen molar-refractivity contribution in [3.05, 3.63) is 0 Å². The van der Waals surface area contributed by atoms with Crippen molar-refractivity contribution < 1.29 is 34.1 Å². The number of Topliss-reactive ketones (excluding diaryl/α,β-unsaturated/α-hetero) is 1. The third-order valence-electron chi connectivity index (χ3n) is 2.42. The number of aliphatic carboxylic acids is 2. The Morgan fingerprint density at radius 3 is 1.48 bits per heavy atom. The molecule has 0 aliphatic heterocycles. The van der Waals surface area contributed by atoms with E-state index in [0.29, 0.717) is 25.7 Å². The molecular formula is C14H24O7. The van der Waals surface area contributed by atoms with Gasteiger partial charge in [-0.15, -0.1) is 0 Å². The zero-order valence-electron chi connectivity index (χ0n) is 12.6.